The molecule has 0 aromatic carbocycles. The maximum absolute atomic E-state index is 7.58. The summed E-state index contributed by atoms with van der Waals surface area (Å²) >= 11 is 0.215. The van der Waals surface area contributed by atoms with Gasteiger partial charge in [-0.2, -0.15) is 0 Å². The second-order valence-electron chi connectivity index (χ2n) is 0.232. The molecule has 0 saturated carbocycles. The van der Waals surface area contributed by atoms with Crippen LogP contribution in [0.4, 0.5) is 0 Å². The number of hydrogen-bond acceptors (Lipinski definition) is 3. The standard InChI is InChI=1S/2CN.Co.H3N/c2*1-2;;/h;;;1H3. The molecule has 0 aliphatic heterocycles. The van der Waals surface area contributed by atoms with Crippen molar-refractivity contribution >= 4 is 0 Å². The van der Waals surface area contributed by atoms with Crippen LogP contribution in [0.5, 0.6) is 0 Å². The molecule has 0 atom stereocenters. The first-order chi connectivity index (χ1) is 2.41. The summed E-state index contributed by atoms with van der Waals surface area (Å²) < 4.78 is 0. The Morgan fingerprint density at radius 1 is 1.17 bits per heavy atom. The summed E-state index contributed by atoms with van der Waals surface area (Å²) in [6.07, 6.45) is 0. The number of hydrogen-bond donors (Lipinski definition) is 1. The molecule has 0 radical (unpaired) electrons. The molecular weight excluding hydrogens is 125 g/mol. The molecular formula is C2H3CoN3. The molecule has 0 saturated heterocycles. The van der Waals surface area contributed by atoms with Crippen LogP contribution in [0.25, 0.3) is 0 Å². The molecule has 0 aromatic rings. The average Bonchev–Trinajstić information content (AvgIpc) is 1.41. The van der Waals surface area contributed by atoms with Gasteiger partial charge in [-0.15, -0.1) is 0 Å². The molecule has 0 spiro atoms. The zero-order valence-corrected chi connectivity index (χ0v) is 3.98. The fraction of sp³-hybridized carbons (Fsp3) is 0. The summed E-state index contributed by atoms with van der Waals surface area (Å²) in [7, 11) is 0. The predicted octanol–water partition coefficient (Wildman–Crippen LogP) is 0.193. The van der Waals surface area contributed by atoms with Crippen LogP contribution in [0.15, 0.2) is 0 Å². The summed E-state index contributed by atoms with van der Waals surface area (Å²) in [5, 5.41) is 18.4. The van der Waals surface area contributed by atoms with Crippen molar-refractivity contribution in [1.29, 1.82) is 10.5 Å². The van der Waals surface area contributed by atoms with E-state index in [2.05, 4.69) is 0 Å². The first kappa shape index (κ1) is 9.07. The average molecular weight is 128 g/mol. The van der Waals surface area contributed by atoms with E-state index in [0.29, 0.717) is 0 Å². The Bertz CT molecular complexity index is 73.9. The van der Waals surface area contributed by atoms with Gasteiger partial charge in [-0.25, -0.2) is 0 Å². The molecule has 0 rings (SSSR count). The third kappa shape index (κ3) is 9.86. The molecule has 0 aliphatic carbocycles. The monoisotopic (exact) mass is 128 g/mol. The van der Waals surface area contributed by atoms with Gasteiger partial charge in [0.1, 0.15) is 0 Å². The van der Waals surface area contributed by atoms with E-state index in [0.717, 1.165) is 0 Å². The van der Waals surface area contributed by atoms with Crippen molar-refractivity contribution in [2.24, 2.45) is 0 Å². The van der Waals surface area contributed by atoms with Crippen molar-refractivity contribution < 1.29 is 14.7 Å². The van der Waals surface area contributed by atoms with E-state index in [1.807, 2.05) is 0 Å². The van der Waals surface area contributed by atoms with Crippen molar-refractivity contribution in [3.05, 3.63) is 0 Å². The molecule has 3 N–H and O–H groups in total. The van der Waals surface area contributed by atoms with Gasteiger partial charge in [-0.3, -0.25) is 0 Å². The van der Waals surface area contributed by atoms with E-state index in [9.17, 15) is 0 Å². The van der Waals surface area contributed by atoms with E-state index in [1.54, 1.807) is 10.0 Å². The van der Waals surface area contributed by atoms with Crippen LogP contribution in [-0.4, -0.2) is 0 Å². The Balaban J connectivity index is 0. The molecule has 35 valence electrons. The zero-order chi connectivity index (χ0) is 4.12. The molecule has 0 unspecified atom stereocenters. The Hall–Kier alpha value is -0.554. The second kappa shape index (κ2) is 8.82. The quantitative estimate of drug-likeness (QED) is 0.505. The van der Waals surface area contributed by atoms with Gasteiger partial charge >= 0.3 is 35.2 Å². The van der Waals surface area contributed by atoms with Crippen molar-refractivity contribution in [2.75, 3.05) is 0 Å². The van der Waals surface area contributed by atoms with Gasteiger partial charge < -0.3 is 6.15 Å². The minimum absolute atomic E-state index is 0. The van der Waals surface area contributed by atoms with Crippen LogP contribution in [0.3, 0.4) is 0 Å². The molecule has 0 aromatic heterocycles. The van der Waals surface area contributed by atoms with Gasteiger partial charge in [0.15, 0.2) is 0 Å². The summed E-state index contributed by atoms with van der Waals surface area (Å²) in [6.45, 7) is 0. The molecule has 0 aliphatic rings. The summed E-state index contributed by atoms with van der Waals surface area (Å²) in [5.41, 5.74) is 0. The first-order valence-corrected chi connectivity index (χ1v) is 1.82. The molecule has 4 heteroatoms. The van der Waals surface area contributed by atoms with Gasteiger partial charge in [0.25, 0.3) is 0 Å². The summed E-state index contributed by atoms with van der Waals surface area (Å²) in [6, 6.07) is 0. The van der Waals surface area contributed by atoms with Gasteiger partial charge in [-0.1, -0.05) is 0 Å². The number of nitriles is 2. The number of rotatable bonds is 0. The van der Waals surface area contributed by atoms with E-state index in [-0.39, 0.29) is 20.8 Å². The molecule has 0 fully saturated rings. The molecule has 0 bridgehead atoms. The third-order valence-corrected chi connectivity index (χ3v) is 0.307. The van der Waals surface area contributed by atoms with Crippen LogP contribution in [0.2, 0.25) is 0 Å². The first-order valence-electron chi connectivity index (χ1n) is 0.781. The Morgan fingerprint density at radius 2 is 1.50 bits per heavy atom. The fourth-order valence-electron chi connectivity index (χ4n) is 0.0167. The number of nitrogens with zero attached hydrogens (tertiary/aromatic N) is 2. The second-order valence-corrected chi connectivity index (χ2v) is 0.958. The molecule has 0 heterocycles. The van der Waals surface area contributed by atoms with Crippen LogP contribution >= 0.6 is 0 Å². The molecule has 3 nitrogen and oxygen atoms in total. The zero-order valence-electron chi connectivity index (χ0n) is 2.93. The van der Waals surface area contributed by atoms with Gasteiger partial charge in [0.2, 0.25) is 0 Å². The Kier molecular flexibility index (Phi) is 13.3. The topological polar surface area (TPSA) is 82.6 Å². The van der Waals surface area contributed by atoms with Gasteiger partial charge in [0.05, 0.1) is 0 Å². The van der Waals surface area contributed by atoms with Crippen LogP contribution < -0.4 is 6.15 Å². The van der Waals surface area contributed by atoms with E-state index >= 15 is 0 Å². The van der Waals surface area contributed by atoms with Crippen LogP contribution in [0.1, 0.15) is 0 Å². The summed E-state index contributed by atoms with van der Waals surface area (Å²) in [5.74, 6) is 0. The predicted molar refractivity (Wildman–Crippen MR) is 16.2 cm³/mol. The minimum atomic E-state index is 0. The molecule has 6 heavy (non-hydrogen) atoms. The van der Waals surface area contributed by atoms with Crippen molar-refractivity contribution in [3.63, 3.8) is 0 Å². The van der Waals surface area contributed by atoms with Crippen molar-refractivity contribution in [3.8, 4) is 10.0 Å². The SMILES string of the molecule is N.N#[C][Co][C]#N. The van der Waals surface area contributed by atoms with Gasteiger partial charge in [0, 0.05) is 0 Å². The van der Waals surface area contributed by atoms with Crippen molar-refractivity contribution in [2.45, 2.75) is 0 Å². The molecule has 0 amide bonds. The normalized spacial score (nSPS) is 4.33. The van der Waals surface area contributed by atoms with Crippen molar-refractivity contribution in [1.82, 2.24) is 6.15 Å². The van der Waals surface area contributed by atoms with E-state index in [1.165, 1.54) is 0 Å². The van der Waals surface area contributed by atoms with E-state index in [4.69, 9.17) is 10.5 Å². The third-order valence-electron chi connectivity index (χ3n) is 0.0745. The Labute approximate surface area is 42.1 Å². The van der Waals surface area contributed by atoms with Crippen LogP contribution in [-0.2, 0) is 14.7 Å². The summed E-state index contributed by atoms with van der Waals surface area (Å²) in [4.78, 5) is 0. The van der Waals surface area contributed by atoms with Gasteiger partial charge in [-0.05, 0) is 0 Å². The van der Waals surface area contributed by atoms with E-state index < -0.39 is 0 Å². The maximum atomic E-state index is 7.58. The van der Waals surface area contributed by atoms with Crippen LogP contribution in [0, 0.1) is 20.5 Å². The Morgan fingerprint density at radius 3 is 1.50 bits per heavy atom. The fourth-order valence-corrected chi connectivity index (χ4v) is 0.0687.